The predicted molar refractivity (Wildman–Crippen MR) is 122 cm³/mol. The fourth-order valence-electron chi connectivity index (χ4n) is 3.87. The van der Waals surface area contributed by atoms with Crippen LogP contribution in [0.3, 0.4) is 0 Å². The molecule has 7 nitrogen and oxygen atoms in total. The molecule has 0 aliphatic heterocycles. The number of amides is 2. The zero-order valence-corrected chi connectivity index (χ0v) is 18.2. The molecule has 32 heavy (non-hydrogen) atoms. The Morgan fingerprint density at radius 1 is 1.09 bits per heavy atom. The molecule has 0 fully saturated rings. The van der Waals surface area contributed by atoms with Gasteiger partial charge in [-0.1, -0.05) is 36.4 Å². The average molecular weight is 431 g/mol. The van der Waals surface area contributed by atoms with Crippen LogP contribution in [-0.2, 0) is 13.5 Å². The summed E-state index contributed by atoms with van der Waals surface area (Å²) in [4.78, 5) is 31.7. The lowest BCUT2D eigenvalue weighted by Crippen LogP contribution is -2.41. The molecule has 7 heteroatoms. The normalized spacial score (nSPS) is 11.9. The van der Waals surface area contributed by atoms with E-state index < -0.39 is 0 Å². The molecule has 1 N–H and O–H groups in total. The minimum absolute atomic E-state index is 0.114. The van der Waals surface area contributed by atoms with Crippen LogP contribution in [0.2, 0.25) is 0 Å². The standard InChI is InChI=1S/C25H26N4O3/c1-28-15-7-12-22(28)24(30)26-14-13-19(16-18-8-4-3-5-9-18)29(2)25(31)20-10-6-11-21-23(20)32-17-27-21/h3-12,15,17,19H,13-14,16H2,1-2H3,(H,26,30). The van der Waals surface area contributed by atoms with Gasteiger partial charge in [0.25, 0.3) is 11.8 Å². The minimum Gasteiger partial charge on any atom is -0.443 e. The number of likely N-dealkylation sites (N-methyl/N-ethyl adjacent to an activating group) is 1. The Bertz CT molecular complexity index is 1210. The van der Waals surface area contributed by atoms with Crippen molar-refractivity contribution in [1.82, 2.24) is 19.8 Å². The number of carbonyl (C=O) groups excluding carboxylic acids is 2. The lowest BCUT2D eigenvalue weighted by Gasteiger charge is -2.29. The SMILES string of the molecule is CN(C(=O)c1cccc2ncoc12)C(CCNC(=O)c1cccn1C)Cc1ccccc1. The van der Waals surface area contributed by atoms with Crippen LogP contribution in [0.15, 0.2) is 77.7 Å². The highest BCUT2D eigenvalue weighted by Crippen LogP contribution is 2.21. The summed E-state index contributed by atoms with van der Waals surface area (Å²) in [5.74, 6) is -0.265. The van der Waals surface area contributed by atoms with Gasteiger partial charge in [0.05, 0.1) is 5.56 Å². The quantitative estimate of drug-likeness (QED) is 0.463. The molecule has 0 aliphatic rings. The molecule has 2 amide bonds. The molecule has 2 aromatic carbocycles. The minimum atomic E-state index is -0.137. The van der Waals surface area contributed by atoms with Crippen molar-refractivity contribution in [3.8, 4) is 0 Å². The van der Waals surface area contributed by atoms with Crippen LogP contribution in [0.4, 0.5) is 0 Å². The van der Waals surface area contributed by atoms with Crippen molar-refractivity contribution in [2.45, 2.75) is 18.9 Å². The van der Waals surface area contributed by atoms with E-state index in [1.807, 2.05) is 55.7 Å². The van der Waals surface area contributed by atoms with Gasteiger partial charge in [-0.05, 0) is 42.7 Å². The van der Waals surface area contributed by atoms with E-state index in [-0.39, 0.29) is 17.9 Å². The van der Waals surface area contributed by atoms with Crippen molar-refractivity contribution in [3.63, 3.8) is 0 Å². The van der Waals surface area contributed by atoms with Gasteiger partial charge < -0.3 is 19.2 Å². The van der Waals surface area contributed by atoms with Gasteiger partial charge in [0.15, 0.2) is 12.0 Å². The molecule has 0 radical (unpaired) electrons. The van der Waals surface area contributed by atoms with E-state index in [1.54, 1.807) is 34.7 Å². The fourth-order valence-corrected chi connectivity index (χ4v) is 3.87. The summed E-state index contributed by atoms with van der Waals surface area (Å²) in [5, 5.41) is 2.97. The Balaban J connectivity index is 1.50. The van der Waals surface area contributed by atoms with Crippen molar-refractivity contribution in [3.05, 3.63) is 90.1 Å². The molecule has 0 aliphatic carbocycles. The number of aromatic nitrogens is 2. The number of para-hydroxylation sites is 1. The van der Waals surface area contributed by atoms with Crippen LogP contribution in [0.25, 0.3) is 11.1 Å². The first-order valence-corrected chi connectivity index (χ1v) is 10.6. The molecule has 0 bridgehead atoms. The largest absolute Gasteiger partial charge is 0.443 e. The van der Waals surface area contributed by atoms with Crippen LogP contribution >= 0.6 is 0 Å². The highest BCUT2D eigenvalue weighted by molar-refractivity contribution is 6.04. The number of rotatable bonds is 8. The maximum Gasteiger partial charge on any atom is 0.267 e. The van der Waals surface area contributed by atoms with Gasteiger partial charge in [0.1, 0.15) is 11.2 Å². The predicted octanol–water partition coefficient (Wildman–Crippen LogP) is 3.67. The highest BCUT2D eigenvalue weighted by Gasteiger charge is 2.24. The molecule has 1 unspecified atom stereocenters. The molecule has 2 aromatic heterocycles. The van der Waals surface area contributed by atoms with Crippen molar-refractivity contribution >= 4 is 22.9 Å². The smallest absolute Gasteiger partial charge is 0.267 e. The summed E-state index contributed by atoms with van der Waals surface area (Å²) in [5.41, 5.74) is 3.35. The van der Waals surface area contributed by atoms with E-state index in [2.05, 4.69) is 10.3 Å². The first kappa shape index (κ1) is 21.4. The first-order chi connectivity index (χ1) is 15.5. The summed E-state index contributed by atoms with van der Waals surface area (Å²) < 4.78 is 7.25. The van der Waals surface area contributed by atoms with Gasteiger partial charge in [-0.25, -0.2) is 4.98 Å². The van der Waals surface area contributed by atoms with Crippen LogP contribution in [0.1, 0.15) is 32.8 Å². The Hall–Kier alpha value is -3.87. The van der Waals surface area contributed by atoms with Crippen molar-refractivity contribution in [2.75, 3.05) is 13.6 Å². The molecular formula is C25H26N4O3. The fraction of sp³-hybridized carbons (Fsp3) is 0.240. The second-order valence-corrected chi connectivity index (χ2v) is 7.81. The maximum absolute atomic E-state index is 13.4. The second kappa shape index (κ2) is 9.51. The van der Waals surface area contributed by atoms with Gasteiger partial charge in [-0.3, -0.25) is 9.59 Å². The number of nitrogens with one attached hydrogen (secondary N) is 1. The Labute approximate surface area is 186 Å². The Morgan fingerprint density at radius 2 is 1.91 bits per heavy atom. The van der Waals surface area contributed by atoms with Crippen LogP contribution in [0.5, 0.6) is 0 Å². The summed E-state index contributed by atoms with van der Waals surface area (Å²) in [6.07, 6.45) is 4.47. The Kier molecular flexibility index (Phi) is 6.35. The summed E-state index contributed by atoms with van der Waals surface area (Å²) in [6.45, 7) is 0.450. The molecular weight excluding hydrogens is 404 g/mol. The number of hydrogen-bond donors (Lipinski definition) is 1. The highest BCUT2D eigenvalue weighted by atomic mass is 16.3. The molecule has 4 rings (SSSR count). The van der Waals surface area contributed by atoms with Crippen LogP contribution in [-0.4, -0.2) is 45.9 Å². The molecule has 164 valence electrons. The monoisotopic (exact) mass is 430 g/mol. The van der Waals surface area contributed by atoms with Gasteiger partial charge in [-0.2, -0.15) is 0 Å². The van der Waals surface area contributed by atoms with E-state index in [4.69, 9.17) is 4.42 Å². The van der Waals surface area contributed by atoms with Gasteiger partial charge in [0.2, 0.25) is 0 Å². The molecule has 4 aromatic rings. The first-order valence-electron chi connectivity index (χ1n) is 10.6. The number of hydrogen-bond acceptors (Lipinski definition) is 4. The molecule has 0 spiro atoms. The van der Waals surface area contributed by atoms with Gasteiger partial charge >= 0.3 is 0 Å². The lowest BCUT2D eigenvalue weighted by molar-refractivity contribution is 0.0723. The maximum atomic E-state index is 13.4. The summed E-state index contributed by atoms with van der Waals surface area (Å²) in [7, 11) is 3.63. The van der Waals surface area contributed by atoms with Crippen molar-refractivity contribution in [1.29, 1.82) is 0 Å². The number of oxazole rings is 1. The van der Waals surface area contributed by atoms with E-state index in [9.17, 15) is 9.59 Å². The van der Waals surface area contributed by atoms with E-state index >= 15 is 0 Å². The number of carbonyl (C=O) groups is 2. The van der Waals surface area contributed by atoms with E-state index in [1.165, 1.54) is 6.39 Å². The zero-order chi connectivity index (χ0) is 22.5. The number of fused-ring (bicyclic) bond motifs is 1. The molecule has 1 atom stereocenters. The van der Waals surface area contributed by atoms with Crippen molar-refractivity contribution in [2.24, 2.45) is 7.05 Å². The third-order valence-electron chi connectivity index (χ3n) is 5.71. The lowest BCUT2D eigenvalue weighted by atomic mass is 10.0. The topological polar surface area (TPSA) is 80.4 Å². The number of nitrogens with zero attached hydrogens (tertiary/aromatic N) is 3. The molecule has 2 heterocycles. The van der Waals surface area contributed by atoms with E-state index in [0.29, 0.717) is 41.7 Å². The van der Waals surface area contributed by atoms with Crippen LogP contribution in [0, 0.1) is 0 Å². The van der Waals surface area contributed by atoms with E-state index in [0.717, 1.165) is 5.56 Å². The van der Waals surface area contributed by atoms with Crippen LogP contribution < -0.4 is 5.32 Å². The average Bonchev–Trinajstić information content (AvgIpc) is 3.46. The number of aryl methyl sites for hydroxylation is 1. The Morgan fingerprint density at radius 3 is 2.66 bits per heavy atom. The van der Waals surface area contributed by atoms with Gasteiger partial charge in [-0.15, -0.1) is 0 Å². The summed E-state index contributed by atoms with van der Waals surface area (Å²) in [6, 6.07) is 18.9. The molecule has 0 saturated carbocycles. The summed E-state index contributed by atoms with van der Waals surface area (Å²) >= 11 is 0. The third kappa shape index (κ3) is 4.56. The zero-order valence-electron chi connectivity index (χ0n) is 18.2. The number of benzene rings is 2. The van der Waals surface area contributed by atoms with Gasteiger partial charge in [0, 0.05) is 32.9 Å². The third-order valence-corrected chi connectivity index (χ3v) is 5.71. The molecule has 0 saturated heterocycles. The second-order valence-electron chi connectivity index (χ2n) is 7.81. The van der Waals surface area contributed by atoms with Crippen molar-refractivity contribution < 1.29 is 14.0 Å².